The fraction of sp³-hybridized carbons (Fsp3) is 0.222. The molecular formula is C27H26N2OS2. The molecule has 1 aliphatic carbocycles. The lowest BCUT2D eigenvalue weighted by Gasteiger charge is -2.17. The molecule has 0 atom stereocenters. The fourth-order valence-corrected chi connectivity index (χ4v) is 6.63. The molecule has 5 rings (SSSR count). The van der Waals surface area contributed by atoms with Crippen LogP contribution >= 0.6 is 23.5 Å². The Morgan fingerprint density at radius 2 is 1.16 bits per heavy atom. The van der Waals surface area contributed by atoms with Crippen molar-refractivity contribution in [1.82, 2.24) is 0 Å². The number of fused-ring (bicyclic) bond motifs is 2. The van der Waals surface area contributed by atoms with Crippen molar-refractivity contribution in [2.75, 3.05) is 22.9 Å². The fourth-order valence-electron chi connectivity index (χ4n) is 4.37. The summed E-state index contributed by atoms with van der Waals surface area (Å²) in [4.78, 5) is 20.2. The van der Waals surface area contributed by atoms with Crippen molar-refractivity contribution in [3.63, 3.8) is 0 Å². The maximum atomic E-state index is 13.0. The van der Waals surface area contributed by atoms with Crippen LogP contribution in [-0.2, 0) is 4.79 Å². The van der Waals surface area contributed by atoms with Gasteiger partial charge in [0.05, 0.1) is 21.4 Å². The molecule has 0 radical (unpaired) electrons. The summed E-state index contributed by atoms with van der Waals surface area (Å²) in [6.07, 6.45) is 9.92. The van der Waals surface area contributed by atoms with Gasteiger partial charge in [-0.05, 0) is 63.1 Å². The maximum Gasteiger partial charge on any atom is 0.185 e. The van der Waals surface area contributed by atoms with Crippen molar-refractivity contribution in [1.29, 1.82) is 0 Å². The molecule has 0 amide bonds. The molecule has 2 aliphatic heterocycles. The number of rotatable bonds is 4. The Hall–Kier alpha value is -2.63. The lowest BCUT2D eigenvalue weighted by molar-refractivity contribution is -0.111. The number of benzene rings is 2. The second-order valence-corrected chi connectivity index (χ2v) is 9.98. The number of allylic oxidation sites excluding steroid dienone is 6. The molecule has 5 heteroatoms. The van der Waals surface area contributed by atoms with Crippen molar-refractivity contribution in [3.8, 4) is 0 Å². The van der Waals surface area contributed by atoms with E-state index in [1.807, 2.05) is 12.2 Å². The Kier molecular flexibility index (Phi) is 6.03. The molecule has 1 saturated carbocycles. The Bertz CT molecular complexity index is 1100. The van der Waals surface area contributed by atoms with Crippen LogP contribution in [0.3, 0.4) is 0 Å². The average Bonchev–Trinajstić information content (AvgIpc) is 3.48. The third kappa shape index (κ3) is 3.84. The normalized spacial score (nSPS) is 22.6. The molecule has 0 unspecified atom stereocenters. The molecule has 2 aromatic rings. The summed E-state index contributed by atoms with van der Waals surface area (Å²) < 4.78 is 0. The molecule has 2 aromatic carbocycles. The number of carbonyl (C=O) groups is 1. The standard InChI is InChI=1S/C27H26N2OS2/c1-3-28-21-9-5-7-11-23(21)31-25(28)17-15-19-13-14-20(27(19)30)16-18-26-29(4-2)22-10-6-8-12-24(22)32-26/h5-12,15-18H,3-4,13-14H2,1-2H3/b19-15-,20-16+,25-17-,26-18-. The van der Waals surface area contributed by atoms with Crippen LogP contribution in [0, 0.1) is 0 Å². The number of hydrogen-bond donors (Lipinski definition) is 0. The zero-order chi connectivity index (χ0) is 22.1. The van der Waals surface area contributed by atoms with Gasteiger partial charge in [0, 0.05) is 34.0 Å². The van der Waals surface area contributed by atoms with E-state index in [2.05, 4.69) is 84.3 Å². The minimum Gasteiger partial charge on any atom is -0.335 e. The Labute approximate surface area is 198 Å². The molecule has 32 heavy (non-hydrogen) atoms. The molecule has 162 valence electrons. The minimum atomic E-state index is 0.186. The number of ketones is 1. The number of para-hydroxylation sites is 2. The zero-order valence-corrected chi connectivity index (χ0v) is 20.0. The van der Waals surface area contributed by atoms with Crippen LogP contribution in [0.4, 0.5) is 11.4 Å². The average molecular weight is 459 g/mol. The van der Waals surface area contributed by atoms with Crippen molar-refractivity contribution in [2.45, 2.75) is 36.5 Å². The highest BCUT2D eigenvalue weighted by atomic mass is 32.2. The van der Waals surface area contributed by atoms with Crippen LogP contribution in [0.1, 0.15) is 26.7 Å². The molecule has 2 heterocycles. The first-order valence-corrected chi connectivity index (χ1v) is 12.8. The number of carbonyl (C=O) groups excluding carboxylic acids is 1. The lowest BCUT2D eigenvalue weighted by Crippen LogP contribution is -2.16. The van der Waals surface area contributed by atoms with E-state index >= 15 is 0 Å². The number of Topliss-reactive ketones (excluding diaryl/α,β-unsaturated/α-hetero) is 1. The van der Waals surface area contributed by atoms with Crippen molar-refractivity contribution >= 4 is 40.7 Å². The van der Waals surface area contributed by atoms with Crippen molar-refractivity contribution in [2.24, 2.45) is 0 Å². The molecule has 1 fully saturated rings. The molecular weight excluding hydrogens is 432 g/mol. The summed E-state index contributed by atoms with van der Waals surface area (Å²) >= 11 is 3.55. The largest absolute Gasteiger partial charge is 0.335 e. The van der Waals surface area contributed by atoms with Crippen LogP contribution < -0.4 is 9.80 Å². The zero-order valence-electron chi connectivity index (χ0n) is 18.4. The first kappa shape index (κ1) is 21.2. The highest BCUT2D eigenvalue weighted by Crippen LogP contribution is 2.46. The lowest BCUT2D eigenvalue weighted by atomic mass is 10.1. The van der Waals surface area contributed by atoms with Crippen LogP contribution in [0.5, 0.6) is 0 Å². The van der Waals surface area contributed by atoms with Crippen LogP contribution in [0.2, 0.25) is 0 Å². The summed E-state index contributed by atoms with van der Waals surface area (Å²) in [6, 6.07) is 16.9. The van der Waals surface area contributed by atoms with Gasteiger partial charge in [0.15, 0.2) is 5.78 Å². The highest BCUT2D eigenvalue weighted by Gasteiger charge is 2.26. The smallest absolute Gasteiger partial charge is 0.185 e. The number of anilines is 2. The van der Waals surface area contributed by atoms with Gasteiger partial charge in [-0.25, -0.2) is 0 Å². The quantitative estimate of drug-likeness (QED) is 0.453. The Morgan fingerprint density at radius 1 is 0.719 bits per heavy atom. The Balaban J connectivity index is 1.33. The van der Waals surface area contributed by atoms with Gasteiger partial charge in [-0.2, -0.15) is 0 Å². The SMILES string of the molecule is CCN1/C(=C/C=C2/CC/C(=C\C=C3/Sc4ccccc4N3CC)C2=O)Sc2ccccc21. The monoisotopic (exact) mass is 458 g/mol. The predicted molar refractivity (Wildman–Crippen MR) is 137 cm³/mol. The van der Waals surface area contributed by atoms with Gasteiger partial charge in [-0.3, -0.25) is 4.79 Å². The van der Waals surface area contributed by atoms with Crippen LogP contribution in [-0.4, -0.2) is 18.9 Å². The predicted octanol–water partition coefficient (Wildman–Crippen LogP) is 7.15. The first-order chi connectivity index (χ1) is 15.7. The van der Waals surface area contributed by atoms with Crippen molar-refractivity contribution < 1.29 is 4.79 Å². The summed E-state index contributed by atoms with van der Waals surface area (Å²) in [5.41, 5.74) is 4.32. The molecule has 3 nitrogen and oxygen atoms in total. The van der Waals surface area contributed by atoms with E-state index < -0.39 is 0 Å². The number of thioether (sulfide) groups is 2. The Morgan fingerprint density at radius 3 is 1.59 bits per heavy atom. The van der Waals surface area contributed by atoms with Gasteiger partial charge in [0.1, 0.15) is 0 Å². The molecule has 3 aliphatic rings. The second-order valence-electron chi connectivity index (χ2n) is 7.85. The van der Waals surface area contributed by atoms with E-state index in [1.165, 1.54) is 31.2 Å². The van der Waals surface area contributed by atoms with Gasteiger partial charge in [-0.1, -0.05) is 59.9 Å². The van der Waals surface area contributed by atoms with Gasteiger partial charge in [0.25, 0.3) is 0 Å². The van der Waals surface area contributed by atoms with Gasteiger partial charge in [-0.15, -0.1) is 0 Å². The third-order valence-corrected chi connectivity index (χ3v) is 8.27. The molecule has 0 bridgehead atoms. The van der Waals surface area contributed by atoms with Crippen molar-refractivity contribution in [3.05, 3.63) is 94.0 Å². The third-order valence-electron chi connectivity index (χ3n) is 6.01. The van der Waals surface area contributed by atoms with Crippen LogP contribution in [0.15, 0.2) is 104 Å². The highest BCUT2D eigenvalue weighted by molar-refractivity contribution is 8.04. The molecule has 0 spiro atoms. The van der Waals surface area contributed by atoms with E-state index in [0.717, 1.165) is 37.1 Å². The second kappa shape index (κ2) is 9.08. The topological polar surface area (TPSA) is 23.6 Å². The van der Waals surface area contributed by atoms with E-state index in [9.17, 15) is 4.79 Å². The maximum absolute atomic E-state index is 13.0. The minimum absolute atomic E-state index is 0.186. The van der Waals surface area contributed by atoms with Crippen LogP contribution in [0.25, 0.3) is 0 Å². The summed E-state index contributed by atoms with van der Waals surface area (Å²) in [5, 5.41) is 2.37. The van der Waals surface area contributed by atoms with E-state index in [0.29, 0.717) is 0 Å². The summed E-state index contributed by atoms with van der Waals surface area (Å²) in [7, 11) is 0. The van der Waals surface area contributed by atoms with E-state index in [-0.39, 0.29) is 5.78 Å². The molecule has 0 aromatic heterocycles. The summed E-state index contributed by atoms with van der Waals surface area (Å²) in [6.45, 7) is 6.16. The molecule has 0 saturated heterocycles. The summed E-state index contributed by atoms with van der Waals surface area (Å²) in [5.74, 6) is 0.186. The van der Waals surface area contributed by atoms with Gasteiger partial charge >= 0.3 is 0 Å². The molecule has 0 N–H and O–H groups in total. The van der Waals surface area contributed by atoms with E-state index in [4.69, 9.17) is 0 Å². The first-order valence-electron chi connectivity index (χ1n) is 11.1. The van der Waals surface area contributed by atoms with Gasteiger partial charge in [0.2, 0.25) is 0 Å². The van der Waals surface area contributed by atoms with E-state index in [1.54, 1.807) is 23.5 Å². The number of nitrogens with zero attached hydrogens (tertiary/aromatic N) is 2. The number of hydrogen-bond acceptors (Lipinski definition) is 5. The van der Waals surface area contributed by atoms with Gasteiger partial charge < -0.3 is 9.80 Å².